The first-order valence-corrected chi connectivity index (χ1v) is 19.2. The lowest BCUT2D eigenvalue weighted by Crippen LogP contribution is -2.60. The van der Waals surface area contributed by atoms with Gasteiger partial charge in [-0.25, -0.2) is 13.2 Å². The van der Waals surface area contributed by atoms with Crippen LogP contribution in [0.25, 0.3) is 21.9 Å². The minimum atomic E-state index is -5.08. The molecule has 0 aromatic heterocycles. The van der Waals surface area contributed by atoms with Crippen LogP contribution in [-0.2, 0) is 25.5 Å². The van der Waals surface area contributed by atoms with Crippen molar-refractivity contribution >= 4 is 32.7 Å². The fourth-order valence-corrected chi connectivity index (χ4v) is 8.78. The molecular formula is C39H40F5N3O6S. The Balaban J connectivity index is 0.000000649. The quantitative estimate of drug-likeness (QED) is 0.151. The fourth-order valence-electron chi connectivity index (χ4n) is 7.55. The van der Waals surface area contributed by atoms with E-state index in [4.69, 9.17) is 20.4 Å². The summed E-state index contributed by atoms with van der Waals surface area (Å²) in [5.41, 5.74) is 7.33. The van der Waals surface area contributed by atoms with Crippen LogP contribution in [0.5, 0.6) is 5.75 Å². The number of piperidine rings is 1. The number of nitrogens with zero attached hydrogens (tertiary/aromatic N) is 1. The standard InChI is InChI=1S/C37H39F2N3O4S.C2HF3O2/c38-37(39,28-14-10-25(11-15-28)24-6-2-1-3-7-24)35(36(43)42-30-16-17-31(42)23-29(40)22-30)41-47(44,45)34-19-13-26-20-33(18-12-27(26)21-34)46-32-8-4-5-9-32;3-2(4,5)1(6)7/h1-3,6-7,10-15,18-21,29-32,35,41H,4-5,8-9,16-17,22-23,40H2;(H,6,7). The number of hydrogen-bond acceptors (Lipinski definition) is 6. The van der Waals surface area contributed by atoms with Gasteiger partial charge >= 0.3 is 12.1 Å². The van der Waals surface area contributed by atoms with Crippen LogP contribution in [0.4, 0.5) is 22.0 Å². The lowest BCUT2D eigenvalue weighted by atomic mass is 9.94. The van der Waals surface area contributed by atoms with Gasteiger partial charge in [-0.3, -0.25) is 4.79 Å². The monoisotopic (exact) mass is 773 g/mol. The molecule has 288 valence electrons. The maximum atomic E-state index is 16.6. The summed E-state index contributed by atoms with van der Waals surface area (Å²) in [6.45, 7) is 0. The molecule has 7 rings (SSSR count). The van der Waals surface area contributed by atoms with Gasteiger partial charge in [0, 0.05) is 23.7 Å². The van der Waals surface area contributed by atoms with Crippen LogP contribution in [0.1, 0.15) is 56.9 Å². The number of benzene rings is 4. The van der Waals surface area contributed by atoms with E-state index >= 15 is 8.78 Å². The number of carbonyl (C=O) groups is 2. The van der Waals surface area contributed by atoms with E-state index < -0.39 is 45.6 Å². The number of carboxylic acid groups (broad SMARTS) is 1. The Bertz CT molecular complexity index is 2060. The molecule has 0 radical (unpaired) electrons. The summed E-state index contributed by atoms with van der Waals surface area (Å²) < 4.78 is 101. The van der Waals surface area contributed by atoms with Crippen molar-refractivity contribution in [1.29, 1.82) is 0 Å². The summed E-state index contributed by atoms with van der Waals surface area (Å²) in [5.74, 6) is -6.84. The van der Waals surface area contributed by atoms with Gasteiger partial charge in [0.25, 0.3) is 5.92 Å². The van der Waals surface area contributed by atoms with E-state index in [-0.39, 0.29) is 29.1 Å². The van der Waals surface area contributed by atoms with E-state index in [1.54, 1.807) is 30.3 Å². The number of carbonyl (C=O) groups excluding carboxylic acids is 1. The van der Waals surface area contributed by atoms with Gasteiger partial charge in [-0.1, -0.05) is 66.7 Å². The molecule has 15 heteroatoms. The molecule has 2 heterocycles. The van der Waals surface area contributed by atoms with E-state index in [9.17, 15) is 26.4 Å². The molecule has 0 spiro atoms. The Morgan fingerprint density at radius 2 is 1.35 bits per heavy atom. The summed E-state index contributed by atoms with van der Waals surface area (Å²) in [4.78, 5) is 24.3. The normalized spacial score (nSPS) is 21.0. The van der Waals surface area contributed by atoms with E-state index in [0.717, 1.165) is 42.2 Å². The highest BCUT2D eigenvalue weighted by atomic mass is 32.2. The fraction of sp³-hybridized carbons (Fsp3) is 0.385. The number of halogens is 5. The second-order valence-corrected chi connectivity index (χ2v) is 15.7. The molecule has 4 N–H and O–H groups in total. The first-order valence-electron chi connectivity index (χ1n) is 17.7. The Morgan fingerprint density at radius 1 is 0.796 bits per heavy atom. The minimum absolute atomic E-state index is 0.126. The number of sulfonamides is 1. The summed E-state index contributed by atoms with van der Waals surface area (Å²) in [6, 6.07) is 21.7. The maximum absolute atomic E-state index is 16.6. The summed E-state index contributed by atoms with van der Waals surface area (Å²) in [6.07, 6.45) is 1.68. The average Bonchev–Trinajstić information content (AvgIpc) is 3.75. The number of nitrogens with one attached hydrogen (secondary N) is 1. The number of rotatable bonds is 9. The van der Waals surface area contributed by atoms with Crippen LogP contribution >= 0.6 is 0 Å². The van der Waals surface area contributed by atoms with Gasteiger partial charge in [-0.2, -0.15) is 26.7 Å². The topological polar surface area (TPSA) is 139 Å². The highest BCUT2D eigenvalue weighted by Gasteiger charge is 2.53. The number of fused-ring (bicyclic) bond motifs is 3. The molecule has 3 atom stereocenters. The summed E-state index contributed by atoms with van der Waals surface area (Å²) in [7, 11) is -4.56. The van der Waals surface area contributed by atoms with Crippen LogP contribution < -0.4 is 15.2 Å². The zero-order valence-electron chi connectivity index (χ0n) is 29.0. The molecule has 2 saturated heterocycles. The Morgan fingerprint density at radius 3 is 1.94 bits per heavy atom. The third-order valence-corrected chi connectivity index (χ3v) is 11.6. The lowest BCUT2D eigenvalue weighted by Gasteiger charge is -2.41. The van der Waals surface area contributed by atoms with Gasteiger partial charge in [0.1, 0.15) is 5.75 Å². The van der Waals surface area contributed by atoms with Gasteiger partial charge < -0.3 is 20.5 Å². The first kappa shape index (κ1) is 39.1. The highest BCUT2D eigenvalue weighted by Crippen LogP contribution is 2.40. The van der Waals surface area contributed by atoms with Crippen molar-refractivity contribution < 1.29 is 49.8 Å². The Hall–Kier alpha value is -4.60. The van der Waals surface area contributed by atoms with E-state index in [2.05, 4.69) is 4.72 Å². The zero-order valence-corrected chi connectivity index (χ0v) is 29.8. The predicted octanol–water partition coefficient (Wildman–Crippen LogP) is 7.38. The van der Waals surface area contributed by atoms with Gasteiger partial charge in [-0.05, 0) is 97.5 Å². The minimum Gasteiger partial charge on any atom is -0.490 e. The number of aliphatic carboxylic acids is 1. The molecule has 9 nitrogen and oxygen atoms in total. The van der Waals surface area contributed by atoms with Crippen molar-refractivity contribution in [1.82, 2.24) is 9.62 Å². The first-order chi connectivity index (χ1) is 25.5. The summed E-state index contributed by atoms with van der Waals surface area (Å²) >= 11 is 0. The van der Waals surface area contributed by atoms with E-state index in [1.807, 2.05) is 36.4 Å². The predicted molar refractivity (Wildman–Crippen MR) is 191 cm³/mol. The second-order valence-electron chi connectivity index (χ2n) is 14.0. The Labute approximate surface area is 309 Å². The number of nitrogens with two attached hydrogens (primary N) is 1. The second kappa shape index (κ2) is 15.6. The van der Waals surface area contributed by atoms with Crippen LogP contribution in [0.15, 0.2) is 95.9 Å². The molecular weight excluding hydrogens is 734 g/mol. The summed E-state index contributed by atoms with van der Waals surface area (Å²) in [5, 5.41) is 8.50. The van der Waals surface area contributed by atoms with Crippen molar-refractivity contribution in [3.63, 3.8) is 0 Å². The van der Waals surface area contributed by atoms with E-state index in [1.165, 1.54) is 29.2 Å². The van der Waals surface area contributed by atoms with Gasteiger partial charge in [0.2, 0.25) is 15.9 Å². The van der Waals surface area contributed by atoms with Crippen molar-refractivity contribution in [2.75, 3.05) is 0 Å². The number of alkyl halides is 5. The van der Waals surface area contributed by atoms with Crippen LogP contribution in [0, 0.1) is 0 Å². The number of amides is 1. The SMILES string of the molecule is NC1CC2CCC(C1)N2C(=O)C(NS(=O)(=O)c1ccc2cc(OC3CCCC3)ccc2c1)C(F)(F)c1ccc(-c2ccccc2)cc1.O=C(O)C(F)(F)F. The molecule has 2 aliphatic heterocycles. The number of ether oxygens (including phenoxy) is 1. The molecule has 3 aliphatic rings. The molecule has 1 aliphatic carbocycles. The van der Waals surface area contributed by atoms with E-state index in [0.29, 0.717) is 36.8 Å². The van der Waals surface area contributed by atoms with Crippen LogP contribution in [-0.4, -0.2) is 66.7 Å². The average molecular weight is 774 g/mol. The molecule has 54 heavy (non-hydrogen) atoms. The molecule has 4 aromatic rings. The van der Waals surface area contributed by atoms with Gasteiger partial charge in [0.05, 0.1) is 11.0 Å². The van der Waals surface area contributed by atoms with Gasteiger partial charge in [-0.15, -0.1) is 0 Å². The van der Waals surface area contributed by atoms with Crippen LogP contribution in [0.3, 0.4) is 0 Å². The third-order valence-electron chi connectivity index (χ3n) is 10.2. The third kappa shape index (κ3) is 8.68. The molecule has 3 fully saturated rings. The van der Waals surface area contributed by atoms with Crippen molar-refractivity contribution in [3.05, 3.63) is 96.6 Å². The smallest absolute Gasteiger partial charge is 0.490 e. The molecule has 3 unspecified atom stereocenters. The van der Waals surface area contributed by atoms with Crippen molar-refractivity contribution in [2.45, 2.75) is 98.6 Å². The molecule has 2 bridgehead atoms. The van der Waals surface area contributed by atoms with Gasteiger partial charge in [0.15, 0.2) is 6.04 Å². The largest absolute Gasteiger partial charge is 0.490 e. The van der Waals surface area contributed by atoms with Crippen molar-refractivity contribution in [2.24, 2.45) is 5.73 Å². The maximum Gasteiger partial charge on any atom is 0.490 e. The lowest BCUT2D eigenvalue weighted by molar-refractivity contribution is -0.192. The molecule has 1 saturated carbocycles. The molecule has 4 aromatic carbocycles. The molecule has 1 amide bonds. The highest BCUT2D eigenvalue weighted by molar-refractivity contribution is 7.89. The van der Waals surface area contributed by atoms with Crippen molar-refractivity contribution in [3.8, 4) is 16.9 Å². The van der Waals surface area contributed by atoms with Crippen LogP contribution in [0.2, 0.25) is 0 Å². The zero-order chi connectivity index (χ0) is 38.8. The number of carboxylic acids is 1. The number of hydrogen-bond donors (Lipinski definition) is 3. The Kier molecular flexibility index (Phi) is 11.3.